The average Bonchev–Trinajstić information content (AvgIpc) is 3.12. The van der Waals surface area contributed by atoms with Gasteiger partial charge < -0.3 is 19.4 Å². The lowest BCUT2D eigenvalue weighted by Crippen LogP contribution is -2.46. The third kappa shape index (κ3) is 3.36. The van der Waals surface area contributed by atoms with Gasteiger partial charge in [-0.25, -0.2) is 9.37 Å². The minimum Gasteiger partial charge on any atom is -0.485 e. The lowest BCUT2D eigenvalue weighted by atomic mass is 10.0. The van der Waals surface area contributed by atoms with Gasteiger partial charge in [-0.1, -0.05) is 30.3 Å². The molecule has 0 radical (unpaired) electrons. The number of hydrogen-bond acceptors (Lipinski definition) is 4. The summed E-state index contributed by atoms with van der Waals surface area (Å²) in [7, 11) is 1.79. The van der Waals surface area contributed by atoms with E-state index in [4.69, 9.17) is 9.47 Å². The molecule has 0 fully saturated rings. The van der Waals surface area contributed by atoms with Crippen LogP contribution in [0.5, 0.6) is 11.5 Å². The molecule has 2 aromatic carbocycles. The SMILES string of the molecule is Cn1ccnc1[C@@H](NC(=O)[C@@H]1COc2ccccc2O1)c1ccccc1F. The maximum atomic E-state index is 14.4. The molecule has 6 nitrogen and oxygen atoms in total. The number of benzene rings is 2. The number of aromatic nitrogens is 2. The van der Waals surface area contributed by atoms with Crippen molar-refractivity contribution in [2.45, 2.75) is 12.1 Å². The van der Waals surface area contributed by atoms with Crippen LogP contribution in [0.2, 0.25) is 0 Å². The number of rotatable bonds is 4. The standard InChI is InChI=1S/C20H18FN3O3/c1-24-11-10-22-19(24)18(13-6-2-3-7-14(13)21)23-20(25)17-12-26-15-8-4-5-9-16(15)27-17/h2-11,17-18H,12H2,1H3,(H,23,25)/t17-,18-/m0/s1. The van der Waals surface area contributed by atoms with Gasteiger partial charge in [0.2, 0.25) is 6.10 Å². The molecule has 0 aliphatic carbocycles. The van der Waals surface area contributed by atoms with Gasteiger partial charge in [-0.2, -0.15) is 0 Å². The molecule has 1 aromatic heterocycles. The lowest BCUT2D eigenvalue weighted by molar-refractivity contribution is -0.130. The maximum absolute atomic E-state index is 14.4. The predicted molar refractivity (Wildman–Crippen MR) is 95.9 cm³/mol. The highest BCUT2D eigenvalue weighted by Gasteiger charge is 2.31. The van der Waals surface area contributed by atoms with Crippen molar-refractivity contribution < 1.29 is 18.7 Å². The molecule has 1 aliphatic heterocycles. The Morgan fingerprint density at radius 2 is 1.96 bits per heavy atom. The number of halogens is 1. The number of fused-ring (bicyclic) bond motifs is 1. The third-order valence-corrected chi connectivity index (χ3v) is 4.42. The largest absolute Gasteiger partial charge is 0.485 e. The van der Waals surface area contributed by atoms with Crippen molar-refractivity contribution in [2.24, 2.45) is 7.05 Å². The van der Waals surface area contributed by atoms with Gasteiger partial charge in [0.15, 0.2) is 11.5 Å². The summed E-state index contributed by atoms with van der Waals surface area (Å²) in [5, 5.41) is 2.85. The van der Waals surface area contributed by atoms with E-state index < -0.39 is 23.9 Å². The number of carbonyl (C=O) groups is 1. The van der Waals surface area contributed by atoms with E-state index in [9.17, 15) is 9.18 Å². The van der Waals surface area contributed by atoms with Crippen LogP contribution in [-0.2, 0) is 11.8 Å². The van der Waals surface area contributed by atoms with Crippen LogP contribution >= 0.6 is 0 Å². The molecule has 1 aliphatic rings. The fourth-order valence-electron chi connectivity index (χ4n) is 3.03. The van der Waals surface area contributed by atoms with Gasteiger partial charge in [-0.15, -0.1) is 0 Å². The summed E-state index contributed by atoms with van der Waals surface area (Å²) in [4.78, 5) is 17.1. The number of aryl methyl sites for hydroxylation is 1. The molecule has 3 aromatic rings. The predicted octanol–water partition coefficient (Wildman–Crippen LogP) is 2.60. The second-order valence-electron chi connectivity index (χ2n) is 6.22. The first kappa shape index (κ1) is 17.1. The Labute approximate surface area is 155 Å². The monoisotopic (exact) mass is 367 g/mol. The molecule has 1 N–H and O–H groups in total. The third-order valence-electron chi connectivity index (χ3n) is 4.42. The molecule has 2 atom stereocenters. The van der Waals surface area contributed by atoms with Crippen molar-refractivity contribution in [1.29, 1.82) is 0 Å². The van der Waals surface area contributed by atoms with E-state index in [1.807, 2.05) is 6.07 Å². The summed E-state index contributed by atoms with van der Waals surface area (Å²) in [6, 6.07) is 12.7. The number of hydrogen-bond donors (Lipinski definition) is 1. The molecule has 0 unspecified atom stereocenters. The summed E-state index contributed by atoms with van der Waals surface area (Å²) in [6.07, 6.45) is 2.51. The zero-order chi connectivity index (χ0) is 18.8. The van der Waals surface area contributed by atoms with E-state index in [-0.39, 0.29) is 6.61 Å². The van der Waals surface area contributed by atoms with E-state index in [0.29, 0.717) is 22.9 Å². The van der Waals surface area contributed by atoms with Gasteiger partial charge in [0, 0.05) is 25.0 Å². The number of amides is 1. The van der Waals surface area contributed by atoms with Gasteiger partial charge in [0.25, 0.3) is 5.91 Å². The van der Waals surface area contributed by atoms with Gasteiger partial charge >= 0.3 is 0 Å². The molecule has 4 rings (SSSR count). The number of ether oxygens (including phenoxy) is 2. The Morgan fingerprint density at radius 3 is 2.70 bits per heavy atom. The van der Waals surface area contributed by atoms with Crippen molar-refractivity contribution in [2.75, 3.05) is 6.61 Å². The van der Waals surface area contributed by atoms with E-state index in [1.165, 1.54) is 6.07 Å². The first-order chi connectivity index (χ1) is 13.1. The van der Waals surface area contributed by atoms with Crippen LogP contribution in [0.3, 0.4) is 0 Å². The van der Waals surface area contributed by atoms with E-state index in [0.717, 1.165) is 0 Å². The second kappa shape index (κ2) is 7.11. The summed E-state index contributed by atoms with van der Waals surface area (Å²) >= 11 is 0. The van der Waals surface area contributed by atoms with Gasteiger partial charge in [0.05, 0.1) is 0 Å². The Balaban J connectivity index is 1.60. The quantitative estimate of drug-likeness (QED) is 0.770. The molecule has 27 heavy (non-hydrogen) atoms. The molecular formula is C20H18FN3O3. The number of nitrogens with one attached hydrogen (secondary N) is 1. The summed E-state index contributed by atoms with van der Waals surface area (Å²) in [5.74, 6) is 0.794. The van der Waals surface area contributed by atoms with Crippen LogP contribution in [0.4, 0.5) is 4.39 Å². The van der Waals surface area contributed by atoms with Crippen LogP contribution in [0.1, 0.15) is 17.4 Å². The summed E-state index contributed by atoms with van der Waals surface area (Å²) in [6.45, 7) is 0.0768. The normalized spacial score (nSPS) is 16.6. The summed E-state index contributed by atoms with van der Waals surface area (Å²) in [5.41, 5.74) is 0.331. The van der Waals surface area contributed by atoms with Crippen molar-refractivity contribution in [3.05, 3.63) is 78.1 Å². The number of nitrogens with zero attached hydrogens (tertiary/aromatic N) is 2. The Kier molecular flexibility index (Phi) is 4.50. The highest BCUT2D eigenvalue weighted by molar-refractivity contribution is 5.82. The molecule has 138 valence electrons. The number of carbonyl (C=O) groups excluding carboxylic acids is 1. The maximum Gasteiger partial charge on any atom is 0.265 e. The minimum atomic E-state index is -0.838. The average molecular weight is 367 g/mol. The second-order valence-corrected chi connectivity index (χ2v) is 6.22. The molecule has 1 amide bonds. The van der Waals surface area contributed by atoms with Crippen LogP contribution in [0.15, 0.2) is 60.9 Å². The van der Waals surface area contributed by atoms with Crippen LogP contribution in [-0.4, -0.2) is 28.2 Å². The zero-order valence-electron chi connectivity index (χ0n) is 14.6. The summed E-state index contributed by atoms with van der Waals surface area (Å²) < 4.78 is 27.5. The fourth-order valence-corrected chi connectivity index (χ4v) is 3.03. The van der Waals surface area contributed by atoms with Gasteiger partial charge in [0.1, 0.15) is 24.3 Å². The highest BCUT2D eigenvalue weighted by atomic mass is 19.1. The van der Waals surface area contributed by atoms with E-state index in [2.05, 4.69) is 10.3 Å². The van der Waals surface area contributed by atoms with Crippen LogP contribution in [0, 0.1) is 5.82 Å². The Bertz CT molecular complexity index is 972. The van der Waals surface area contributed by atoms with Crippen LogP contribution < -0.4 is 14.8 Å². The van der Waals surface area contributed by atoms with Crippen LogP contribution in [0.25, 0.3) is 0 Å². The molecule has 2 heterocycles. The van der Waals surface area contributed by atoms with Crippen molar-refractivity contribution in [3.8, 4) is 11.5 Å². The number of imidazole rings is 1. The van der Waals surface area contributed by atoms with Crippen molar-refractivity contribution in [1.82, 2.24) is 14.9 Å². The lowest BCUT2D eigenvalue weighted by Gasteiger charge is -2.27. The first-order valence-corrected chi connectivity index (χ1v) is 8.54. The molecule has 0 saturated carbocycles. The molecule has 0 bridgehead atoms. The van der Waals surface area contributed by atoms with E-state index in [1.54, 1.807) is 60.4 Å². The molecule has 0 spiro atoms. The number of para-hydroxylation sites is 2. The first-order valence-electron chi connectivity index (χ1n) is 8.54. The highest BCUT2D eigenvalue weighted by Crippen LogP contribution is 2.31. The molecule has 0 saturated heterocycles. The van der Waals surface area contributed by atoms with E-state index >= 15 is 0 Å². The molecule has 7 heteroatoms. The molecular weight excluding hydrogens is 349 g/mol. The van der Waals surface area contributed by atoms with Crippen molar-refractivity contribution in [3.63, 3.8) is 0 Å². The fraction of sp³-hybridized carbons (Fsp3) is 0.200. The Hall–Kier alpha value is -3.35. The van der Waals surface area contributed by atoms with Gasteiger partial charge in [-0.05, 0) is 18.2 Å². The Morgan fingerprint density at radius 1 is 1.22 bits per heavy atom. The van der Waals surface area contributed by atoms with Crippen molar-refractivity contribution >= 4 is 5.91 Å². The smallest absolute Gasteiger partial charge is 0.265 e. The minimum absolute atomic E-state index is 0.0768. The van der Waals surface area contributed by atoms with Gasteiger partial charge in [-0.3, -0.25) is 4.79 Å². The zero-order valence-corrected chi connectivity index (χ0v) is 14.6. The topological polar surface area (TPSA) is 65.4 Å².